The van der Waals surface area contributed by atoms with Gasteiger partial charge in [-0.1, -0.05) is 78.8 Å². The van der Waals surface area contributed by atoms with E-state index in [2.05, 4.69) is 20.9 Å². The van der Waals surface area contributed by atoms with Gasteiger partial charge in [0.25, 0.3) is 5.91 Å². The van der Waals surface area contributed by atoms with Crippen LogP contribution in [0.25, 0.3) is 11.4 Å². The van der Waals surface area contributed by atoms with Crippen molar-refractivity contribution in [3.8, 4) is 11.4 Å². The molecule has 1 aliphatic heterocycles. The lowest BCUT2D eigenvalue weighted by atomic mass is 9.87. The molecule has 0 bridgehead atoms. The number of aryl methyl sites for hydroxylation is 1. The molecule has 170 valence electrons. The number of urea groups is 1. The number of nitrogens with two attached hydrogens (primary N) is 1. The van der Waals surface area contributed by atoms with Gasteiger partial charge >= 0.3 is 6.03 Å². The van der Waals surface area contributed by atoms with Gasteiger partial charge in [-0.25, -0.2) is 9.47 Å². The van der Waals surface area contributed by atoms with E-state index in [9.17, 15) is 14.4 Å². The van der Waals surface area contributed by atoms with Gasteiger partial charge in [-0.05, 0) is 18.9 Å². The van der Waals surface area contributed by atoms with Crippen molar-refractivity contribution in [3.05, 3.63) is 65.7 Å². The Morgan fingerprint density at radius 1 is 1.12 bits per heavy atom. The highest BCUT2D eigenvalue weighted by atomic mass is 32.2. The van der Waals surface area contributed by atoms with Crippen molar-refractivity contribution in [2.75, 3.05) is 11.6 Å². The number of nitrogens with one attached hydrogen (secondary N) is 2. The SMILES string of the molecule is CCC1(c2ccccc2)NC(=O)N(NC(=O)CSc2nnc(-c3ccc(C)cc3)n2N)C1=O. The van der Waals surface area contributed by atoms with Gasteiger partial charge in [0.1, 0.15) is 5.54 Å². The minimum Gasteiger partial charge on any atom is -0.335 e. The summed E-state index contributed by atoms with van der Waals surface area (Å²) in [6, 6.07) is 15.9. The number of thioether (sulfide) groups is 1. The van der Waals surface area contributed by atoms with Crippen molar-refractivity contribution < 1.29 is 14.4 Å². The van der Waals surface area contributed by atoms with Crippen LogP contribution >= 0.6 is 11.8 Å². The predicted molar refractivity (Wildman–Crippen MR) is 123 cm³/mol. The standard InChI is InChI=1S/C22H23N7O3S/c1-3-22(16-7-5-4-6-8-16)19(31)29(20(32)24-22)27-17(30)13-33-21-26-25-18(28(21)23)15-11-9-14(2)10-12-15/h4-12H,3,13,23H2,1-2H3,(H,24,32)(H,27,30). The fraction of sp³-hybridized carbons (Fsp3) is 0.227. The molecule has 1 saturated heterocycles. The number of nitrogens with zero attached hydrogens (tertiary/aromatic N) is 4. The number of nitrogen functional groups attached to an aromatic ring is 1. The number of hydrazine groups is 1. The molecular weight excluding hydrogens is 442 g/mol. The molecule has 33 heavy (non-hydrogen) atoms. The van der Waals surface area contributed by atoms with Crippen molar-refractivity contribution >= 4 is 29.6 Å². The molecule has 2 aromatic carbocycles. The molecule has 4 N–H and O–H groups in total. The summed E-state index contributed by atoms with van der Waals surface area (Å²) in [5.74, 6) is 5.35. The van der Waals surface area contributed by atoms with Crippen LogP contribution in [0.5, 0.6) is 0 Å². The Morgan fingerprint density at radius 2 is 1.82 bits per heavy atom. The zero-order chi connectivity index (χ0) is 23.6. The van der Waals surface area contributed by atoms with Crippen LogP contribution in [0.15, 0.2) is 59.8 Å². The second-order valence-corrected chi connectivity index (χ2v) is 8.50. The summed E-state index contributed by atoms with van der Waals surface area (Å²) in [7, 11) is 0. The Morgan fingerprint density at radius 3 is 2.48 bits per heavy atom. The van der Waals surface area contributed by atoms with Crippen molar-refractivity contribution in [2.24, 2.45) is 0 Å². The average Bonchev–Trinajstić information content (AvgIpc) is 3.31. The minimum absolute atomic E-state index is 0.120. The number of benzene rings is 2. The third-order valence-electron chi connectivity index (χ3n) is 5.43. The van der Waals surface area contributed by atoms with E-state index in [0.29, 0.717) is 23.0 Å². The first kappa shape index (κ1) is 22.3. The van der Waals surface area contributed by atoms with Crippen LogP contribution < -0.4 is 16.6 Å². The van der Waals surface area contributed by atoms with Crippen LogP contribution in [0.3, 0.4) is 0 Å². The number of carbonyl (C=O) groups is 3. The highest BCUT2D eigenvalue weighted by Gasteiger charge is 2.52. The molecule has 2 heterocycles. The number of amides is 4. The fourth-order valence-electron chi connectivity index (χ4n) is 3.60. The second-order valence-electron chi connectivity index (χ2n) is 7.56. The maximum Gasteiger partial charge on any atom is 0.344 e. The first-order chi connectivity index (χ1) is 15.9. The van der Waals surface area contributed by atoms with Gasteiger partial charge in [0.2, 0.25) is 11.1 Å². The highest BCUT2D eigenvalue weighted by molar-refractivity contribution is 7.99. The normalized spacial score (nSPS) is 17.8. The predicted octanol–water partition coefficient (Wildman–Crippen LogP) is 1.95. The van der Waals surface area contributed by atoms with Gasteiger partial charge < -0.3 is 11.2 Å². The van der Waals surface area contributed by atoms with Crippen molar-refractivity contribution in [2.45, 2.75) is 31.0 Å². The zero-order valence-corrected chi connectivity index (χ0v) is 18.9. The number of rotatable bonds is 7. The number of carbonyl (C=O) groups excluding carboxylic acids is 3. The topological polar surface area (TPSA) is 135 Å². The van der Waals surface area contributed by atoms with Gasteiger partial charge in [-0.3, -0.25) is 15.0 Å². The van der Waals surface area contributed by atoms with Gasteiger partial charge in [0.15, 0.2) is 5.82 Å². The summed E-state index contributed by atoms with van der Waals surface area (Å²) in [5.41, 5.74) is 3.71. The third-order valence-corrected chi connectivity index (χ3v) is 6.37. The van der Waals surface area contributed by atoms with Crippen LogP contribution in [0.2, 0.25) is 0 Å². The van der Waals surface area contributed by atoms with E-state index in [0.717, 1.165) is 27.9 Å². The minimum atomic E-state index is -1.22. The molecule has 10 nitrogen and oxygen atoms in total. The van der Waals surface area contributed by atoms with E-state index in [4.69, 9.17) is 5.84 Å². The molecule has 0 spiro atoms. The summed E-state index contributed by atoms with van der Waals surface area (Å²) in [5, 5.41) is 11.9. The number of hydrogen-bond acceptors (Lipinski definition) is 7. The number of aromatic nitrogens is 3. The molecule has 1 atom stereocenters. The lowest BCUT2D eigenvalue weighted by Gasteiger charge is -2.25. The van der Waals surface area contributed by atoms with E-state index in [-0.39, 0.29) is 5.75 Å². The van der Waals surface area contributed by atoms with Crippen molar-refractivity contribution in [1.29, 1.82) is 0 Å². The molecule has 4 rings (SSSR count). The molecule has 1 unspecified atom stereocenters. The van der Waals surface area contributed by atoms with Crippen molar-refractivity contribution in [1.82, 2.24) is 30.6 Å². The first-order valence-electron chi connectivity index (χ1n) is 10.3. The lowest BCUT2D eigenvalue weighted by molar-refractivity contribution is -0.138. The summed E-state index contributed by atoms with van der Waals surface area (Å²) >= 11 is 1.04. The quantitative estimate of drug-likeness (QED) is 0.276. The Kier molecular flexibility index (Phi) is 6.05. The van der Waals surface area contributed by atoms with Gasteiger partial charge in [0.05, 0.1) is 5.75 Å². The van der Waals surface area contributed by atoms with Crippen LogP contribution in [0.1, 0.15) is 24.5 Å². The summed E-state index contributed by atoms with van der Waals surface area (Å²) < 4.78 is 1.30. The van der Waals surface area contributed by atoms with Gasteiger partial charge in [-0.2, -0.15) is 5.01 Å². The van der Waals surface area contributed by atoms with E-state index in [1.54, 1.807) is 31.2 Å². The number of imide groups is 1. The molecular formula is C22H23N7O3S. The van der Waals surface area contributed by atoms with Crippen LogP contribution in [-0.4, -0.2) is 43.5 Å². The van der Waals surface area contributed by atoms with Crippen LogP contribution in [0.4, 0.5) is 4.79 Å². The van der Waals surface area contributed by atoms with E-state index in [1.165, 1.54) is 4.68 Å². The molecule has 0 radical (unpaired) electrons. The van der Waals surface area contributed by atoms with Crippen LogP contribution in [-0.2, 0) is 15.1 Å². The largest absolute Gasteiger partial charge is 0.344 e. The van der Waals surface area contributed by atoms with Gasteiger partial charge in [0, 0.05) is 5.56 Å². The Labute approximate surface area is 194 Å². The highest BCUT2D eigenvalue weighted by Crippen LogP contribution is 2.31. The average molecular weight is 466 g/mol. The molecule has 1 aromatic heterocycles. The lowest BCUT2D eigenvalue weighted by Crippen LogP contribution is -2.49. The molecule has 1 fully saturated rings. The second kappa shape index (κ2) is 8.94. The first-order valence-corrected chi connectivity index (χ1v) is 11.3. The van der Waals surface area contributed by atoms with E-state index < -0.39 is 23.4 Å². The Hall–Kier alpha value is -3.86. The maximum atomic E-state index is 13.1. The van der Waals surface area contributed by atoms with Crippen molar-refractivity contribution in [3.63, 3.8) is 0 Å². The third kappa shape index (κ3) is 4.14. The molecule has 0 aliphatic carbocycles. The van der Waals surface area contributed by atoms with E-state index >= 15 is 0 Å². The number of hydrogen-bond donors (Lipinski definition) is 3. The molecule has 4 amide bonds. The summed E-state index contributed by atoms with van der Waals surface area (Å²) in [6.07, 6.45) is 0.334. The van der Waals surface area contributed by atoms with Crippen LogP contribution in [0, 0.1) is 6.92 Å². The smallest absolute Gasteiger partial charge is 0.335 e. The Balaban J connectivity index is 1.42. The Bertz CT molecular complexity index is 1200. The molecule has 0 saturated carbocycles. The molecule has 1 aliphatic rings. The monoisotopic (exact) mass is 465 g/mol. The zero-order valence-electron chi connectivity index (χ0n) is 18.1. The molecule has 3 aromatic rings. The summed E-state index contributed by atoms with van der Waals surface area (Å²) in [6.45, 7) is 3.78. The maximum absolute atomic E-state index is 13.1. The van der Waals surface area contributed by atoms with Gasteiger partial charge in [-0.15, -0.1) is 10.2 Å². The summed E-state index contributed by atoms with van der Waals surface area (Å²) in [4.78, 5) is 38.1. The fourth-order valence-corrected chi connectivity index (χ4v) is 4.25. The molecule has 11 heteroatoms. The van der Waals surface area contributed by atoms with E-state index in [1.807, 2.05) is 37.3 Å².